The van der Waals surface area contributed by atoms with Crippen LogP contribution in [-0.2, 0) is 4.74 Å². The lowest BCUT2D eigenvalue weighted by Crippen LogP contribution is -2.52. The Morgan fingerprint density at radius 1 is 1.11 bits per heavy atom. The highest BCUT2D eigenvalue weighted by molar-refractivity contribution is 4.95. The summed E-state index contributed by atoms with van der Waals surface area (Å²) < 4.78 is 5.13. The van der Waals surface area contributed by atoms with Crippen LogP contribution in [-0.4, -0.2) is 50.3 Å². The molecule has 0 unspecified atom stereocenters. The number of methoxy groups -OCH3 is 1. The summed E-state index contributed by atoms with van der Waals surface area (Å²) in [7, 11) is 1.80. The van der Waals surface area contributed by atoms with Crippen LogP contribution in [0, 0.1) is 0 Å². The summed E-state index contributed by atoms with van der Waals surface area (Å²) in [6.07, 6.45) is 10.9. The molecule has 1 heterocycles. The van der Waals surface area contributed by atoms with E-state index in [0.29, 0.717) is 5.54 Å². The summed E-state index contributed by atoms with van der Waals surface area (Å²) >= 11 is 0. The monoisotopic (exact) mass is 254 g/mol. The molecule has 0 aromatic carbocycles. The van der Waals surface area contributed by atoms with Crippen LogP contribution in [0.5, 0.6) is 0 Å². The van der Waals surface area contributed by atoms with Gasteiger partial charge >= 0.3 is 0 Å². The van der Waals surface area contributed by atoms with Crippen molar-refractivity contribution in [3.05, 3.63) is 0 Å². The molecule has 18 heavy (non-hydrogen) atoms. The van der Waals surface area contributed by atoms with Gasteiger partial charge in [-0.15, -0.1) is 0 Å². The molecule has 2 aliphatic rings. The Labute approximate surface area is 112 Å². The topological polar surface area (TPSA) is 24.5 Å². The molecule has 1 aliphatic carbocycles. The molecule has 1 spiro atoms. The Hall–Kier alpha value is -0.120. The summed E-state index contributed by atoms with van der Waals surface area (Å²) in [6.45, 7) is 5.94. The van der Waals surface area contributed by atoms with E-state index in [0.717, 1.165) is 6.61 Å². The van der Waals surface area contributed by atoms with Gasteiger partial charge in [0.1, 0.15) is 0 Å². The minimum atomic E-state index is 0.454. The van der Waals surface area contributed by atoms with Crippen molar-refractivity contribution < 1.29 is 4.74 Å². The molecule has 0 radical (unpaired) electrons. The molecule has 0 atom stereocenters. The minimum Gasteiger partial charge on any atom is -0.385 e. The quantitative estimate of drug-likeness (QED) is 0.763. The molecule has 2 fully saturated rings. The van der Waals surface area contributed by atoms with Crippen LogP contribution < -0.4 is 5.32 Å². The maximum Gasteiger partial charge on any atom is 0.0462 e. The highest BCUT2D eigenvalue weighted by Gasteiger charge is 2.34. The zero-order valence-electron chi connectivity index (χ0n) is 12.0. The van der Waals surface area contributed by atoms with Gasteiger partial charge in [-0.2, -0.15) is 0 Å². The van der Waals surface area contributed by atoms with Crippen molar-refractivity contribution in [3.63, 3.8) is 0 Å². The first-order valence-electron chi connectivity index (χ1n) is 7.81. The van der Waals surface area contributed by atoms with Crippen molar-refractivity contribution in [2.24, 2.45) is 0 Å². The van der Waals surface area contributed by atoms with E-state index < -0.39 is 0 Å². The van der Waals surface area contributed by atoms with Crippen molar-refractivity contribution in [1.82, 2.24) is 10.2 Å². The molecule has 1 N–H and O–H groups in total. The molecule has 1 aliphatic heterocycles. The highest BCUT2D eigenvalue weighted by atomic mass is 16.5. The van der Waals surface area contributed by atoms with Crippen LogP contribution >= 0.6 is 0 Å². The van der Waals surface area contributed by atoms with Crippen LogP contribution in [0.15, 0.2) is 0 Å². The number of rotatable bonds is 5. The van der Waals surface area contributed by atoms with E-state index >= 15 is 0 Å². The SMILES string of the molecule is COCCCCN1CCCNC2(CCCCC2)C1. The van der Waals surface area contributed by atoms with Gasteiger partial charge in [-0.05, 0) is 51.7 Å². The van der Waals surface area contributed by atoms with Gasteiger partial charge in [-0.1, -0.05) is 19.3 Å². The fourth-order valence-electron chi connectivity index (χ4n) is 3.56. The van der Waals surface area contributed by atoms with E-state index in [1.165, 1.54) is 77.5 Å². The normalized spacial score (nSPS) is 25.2. The maximum atomic E-state index is 5.13. The lowest BCUT2D eigenvalue weighted by molar-refractivity contribution is 0.153. The van der Waals surface area contributed by atoms with Gasteiger partial charge in [0.25, 0.3) is 0 Å². The van der Waals surface area contributed by atoms with Gasteiger partial charge in [-0.25, -0.2) is 0 Å². The van der Waals surface area contributed by atoms with E-state index in [1.54, 1.807) is 7.11 Å². The predicted octanol–water partition coefficient (Wildman–Crippen LogP) is 2.41. The second-order valence-corrected chi connectivity index (χ2v) is 6.10. The van der Waals surface area contributed by atoms with Gasteiger partial charge in [0.2, 0.25) is 0 Å². The van der Waals surface area contributed by atoms with Crippen molar-refractivity contribution in [2.45, 2.75) is 56.9 Å². The number of hydrogen-bond donors (Lipinski definition) is 1. The van der Waals surface area contributed by atoms with Gasteiger partial charge in [0, 0.05) is 25.8 Å². The second-order valence-electron chi connectivity index (χ2n) is 6.10. The third kappa shape index (κ3) is 4.22. The molecular weight excluding hydrogens is 224 g/mol. The largest absolute Gasteiger partial charge is 0.385 e. The van der Waals surface area contributed by atoms with E-state index in [2.05, 4.69) is 10.2 Å². The fourth-order valence-corrected chi connectivity index (χ4v) is 3.56. The molecule has 2 rings (SSSR count). The zero-order chi connectivity index (χ0) is 12.7. The van der Waals surface area contributed by atoms with Gasteiger partial charge in [0.05, 0.1) is 0 Å². The Bertz CT molecular complexity index is 227. The molecule has 1 saturated carbocycles. The standard InChI is InChI=1S/C15H30N2O/c1-18-13-6-5-11-17-12-7-10-16-15(14-17)8-3-2-4-9-15/h16H,2-14H2,1H3. The lowest BCUT2D eigenvalue weighted by Gasteiger charge is -2.40. The van der Waals surface area contributed by atoms with E-state index in [9.17, 15) is 0 Å². The molecule has 0 aromatic heterocycles. The molecule has 3 nitrogen and oxygen atoms in total. The van der Waals surface area contributed by atoms with Crippen LogP contribution in [0.1, 0.15) is 51.4 Å². The molecule has 1 saturated heterocycles. The van der Waals surface area contributed by atoms with Crippen LogP contribution in [0.3, 0.4) is 0 Å². The van der Waals surface area contributed by atoms with Crippen molar-refractivity contribution in [3.8, 4) is 0 Å². The molecule has 106 valence electrons. The van der Waals surface area contributed by atoms with Crippen molar-refractivity contribution in [2.75, 3.05) is 39.9 Å². The summed E-state index contributed by atoms with van der Waals surface area (Å²) in [5.41, 5.74) is 0.454. The van der Waals surface area contributed by atoms with Gasteiger partial charge in [-0.3, -0.25) is 0 Å². The first-order valence-corrected chi connectivity index (χ1v) is 7.81. The average molecular weight is 254 g/mol. The third-order valence-electron chi connectivity index (χ3n) is 4.56. The Morgan fingerprint density at radius 3 is 2.72 bits per heavy atom. The Morgan fingerprint density at radius 2 is 1.94 bits per heavy atom. The number of ether oxygens (including phenoxy) is 1. The third-order valence-corrected chi connectivity index (χ3v) is 4.56. The Kier molecular flexibility index (Phi) is 5.93. The van der Waals surface area contributed by atoms with E-state index in [1.807, 2.05) is 0 Å². The fraction of sp³-hybridized carbons (Fsp3) is 1.00. The molecular formula is C15H30N2O. The number of nitrogens with one attached hydrogen (secondary N) is 1. The van der Waals surface area contributed by atoms with Crippen molar-refractivity contribution >= 4 is 0 Å². The predicted molar refractivity (Wildman–Crippen MR) is 76.0 cm³/mol. The summed E-state index contributed by atoms with van der Waals surface area (Å²) in [5.74, 6) is 0. The number of hydrogen-bond acceptors (Lipinski definition) is 3. The lowest BCUT2D eigenvalue weighted by atomic mass is 9.81. The number of nitrogens with zero attached hydrogens (tertiary/aromatic N) is 1. The van der Waals surface area contributed by atoms with Gasteiger partial charge in [0.15, 0.2) is 0 Å². The van der Waals surface area contributed by atoms with E-state index in [-0.39, 0.29) is 0 Å². The zero-order valence-corrected chi connectivity index (χ0v) is 12.0. The summed E-state index contributed by atoms with van der Waals surface area (Å²) in [5, 5.41) is 3.86. The summed E-state index contributed by atoms with van der Waals surface area (Å²) in [6, 6.07) is 0. The second kappa shape index (κ2) is 7.46. The summed E-state index contributed by atoms with van der Waals surface area (Å²) in [4.78, 5) is 2.70. The first-order chi connectivity index (χ1) is 8.85. The molecule has 3 heteroatoms. The minimum absolute atomic E-state index is 0.454. The van der Waals surface area contributed by atoms with Crippen LogP contribution in [0.2, 0.25) is 0 Å². The first kappa shape index (κ1) is 14.3. The average Bonchev–Trinajstić information content (AvgIpc) is 2.59. The molecule has 0 amide bonds. The van der Waals surface area contributed by atoms with Crippen LogP contribution in [0.4, 0.5) is 0 Å². The number of unbranched alkanes of at least 4 members (excludes halogenated alkanes) is 1. The molecule has 0 bridgehead atoms. The van der Waals surface area contributed by atoms with Gasteiger partial charge < -0.3 is 15.0 Å². The maximum absolute atomic E-state index is 5.13. The Balaban J connectivity index is 1.79. The van der Waals surface area contributed by atoms with Crippen molar-refractivity contribution in [1.29, 1.82) is 0 Å². The van der Waals surface area contributed by atoms with E-state index in [4.69, 9.17) is 4.74 Å². The van der Waals surface area contributed by atoms with Crippen LogP contribution in [0.25, 0.3) is 0 Å². The molecule has 0 aromatic rings. The highest BCUT2D eigenvalue weighted by Crippen LogP contribution is 2.30. The smallest absolute Gasteiger partial charge is 0.0462 e.